The number of nitrogens with one attached hydrogen (secondary N) is 1. The largest absolute Gasteiger partial charge is 0.379 e. The van der Waals surface area contributed by atoms with Gasteiger partial charge in [0, 0.05) is 12.3 Å². The minimum Gasteiger partial charge on any atom is -0.379 e. The monoisotopic (exact) mass is 415 g/mol. The van der Waals surface area contributed by atoms with Crippen LogP contribution >= 0.6 is 24.0 Å². The third kappa shape index (κ3) is 5.12. The number of aryl methyl sites for hydroxylation is 1. The molecule has 0 spiro atoms. The summed E-state index contributed by atoms with van der Waals surface area (Å²) in [5, 5.41) is 3.25. The van der Waals surface area contributed by atoms with Crippen LogP contribution in [0.2, 0.25) is 0 Å². The summed E-state index contributed by atoms with van der Waals surface area (Å²) in [5.41, 5.74) is 9.95. The maximum Gasteiger partial charge on any atom is 0.193 e. The number of nitrogens with zero attached hydrogens (tertiary/aromatic N) is 1. The molecule has 1 saturated carbocycles. The van der Waals surface area contributed by atoms with Crippen molar-refractivity contribution in [1.82, 2.24) is 0 Å². The first-order chi connectivity index (χ1) is 10.3. The lowest BCUT2D eigenvalue weighted by Crippen LogP contribution is -2.24. The summed E-state index contributed by atoms with van der Waals surface area (Å²) >= 11 is 0. The fourth-order valence-electron chi connectivity index (χ4n) is 2.84. The van der Waals surface area contributed by atoms with Crippen LogP contribution in [0.15, 0.2) is 23.2 Å². The van der Waals surface area contributed by atoms with Gasteiger partial charge in [0.05, 0.1) is 13.2 Å². The van der Waals surface area contributed by atoms with Gasteiger partial charge < -0.3 is 15.8 Å². The lowest BCUT2D eigenvalue weighted by molar-refractivity contribution is 0.132. The molecule has 2 aliphatic rings. The first kappa shape index (κ1) is 17.5. The van der Waals surface area contributed by atoms with E-state index in [4.69, 9.17) is 10.5 Å². The van der Waals surface area contributed by atoms with Gasteiger partial charge in [0.2, 0.25) is 0 Å². The molecule has 0 unspecified atom stereocenters. The maximum absolute atomic E-state index is 5.98. The Bertz CT molecular complexity index is 515. The summed E-state index contributed by atoms with van der Waals surface area (Å²) in [7, 11) is 0. The highest BCUT2D eigenvalue weighted by Crippen LogP contribution is 2.29. The first-order valence-corrected chi connectivity index (χ1v) is 8.08. The minimum absolute atomic E-state index is 0. The Morgan fingerprint density at radius 3 is 2.91 bits per heavy atom. The molecule has 1 fully saturated rings. The van der Waals surface area contributed by atoms with Gasteiger partial charge in [0.15, 0.2) is 5.96 Å². The van der Waals surface area contributed by atoms with Crippen LogP contribution in [0.5, 0.6) is 0 Å². The number of rotatable bonds is 6. The van der Waals surface area contributed by atoms with E-state index in [1.165, 1.54) is 43.2 Å². The lowest BCUT2D eigenvalue weighted by atomic mass is 9.90. The molecule has 5 heteroatoms. The van der Waals surface area contributed by atoms with Crippen molar-refractivity contribution in [2.75, 3.05) is 25.1 Å². The molecule has 3 N–H and O–H groups in total. The number of aliphatic imine (C=N–C) groups is 1. The van der Waals surface area contributed by atoms with Crippen molar-refractivity contribution < 1.29 is 4.74 Å². The quantitative estimate of drug-likeness (QED) is 0.324. The molecule has 0 atom stereocenters. The van der Waals surface area contributed by atoms with E-state index in [9.17, 15) is 0 Å². The number of hydrogen-bond donors (Lipinski definition) is 2. The Hall–Kier alpha value is -0.820. The predicted molar refractivity (Wildman–Crippen MR) is 102 cm³/mol. The summed E-state index contributed by atoms with van der Waals surface area (Å²) in [6.07, 6.45) is 7.52. The van der Waals surface area contributed by atoms with E-state index in [2.05, 4.69) is 28.5 Å². The Labute approximate surface area is 149 Å². The standard InChI is InChI=1S/C17H25N3O.HI/c18-17(19-10-11-21-12-13-8-9-13)20-16-7-3-5-14-4-1-2-6-15(14)16;/h3,5,7,13H,1-2,4,6,8-12H2,(H3,18,19,20);1H. The van der Waals surface area contributed by atoms with Gasteiger partial charge in [-0.1, -0.05) is 12.1 Å². The van der Waals surface area contributed by atoms with Gasteiger partial charge in [-0.15, -0.1) is 24.0 Å². The molecular weight excluding hydrogens is 389 g/mol. The highest BCUT2D eigenvalue weighted by atomic mass is 127. The highest BCUT2D eigenvalue weighted by Gasteiger charge is 2.20. The molecule has 0 aromatic heterocycles. The van der Waals surface area contributed by atoms with Crippen molar-refractivity contribution in [3.05, 3.63) is 29.3 Å². The van der Waals surface area contributed by atoms with E-state index in [1.807, 2.05) is 0 Å². The number of anilines is 1. The van der Waals surface area contributed by atoms with E-state index >= 15 is 0 Å². The zero-order valence-electron chi connectivity index (χ0n) is 13.0. The van der Waals surface area contributed by atoms with Crippen LogP contribution in [0.3, 0.4) is 0 Å². The van der Waals surface area contributed by atoms with Crippen LogP contribution in [0.1, 0.15) is 36.8 Å². The van der Waals surface area contributed by atoms with Crippen LogP contribution in [-0.2, 0) is 17.6 Å². The van der Waals surface area contributed by atoms with Crippen molar-refractivity contribution in [2.24, 2.45) is 16.6 Å². The first-order valence-electron chi connectivity index (χ1n) is 8.08. The molecule has 0 radical (unpaired) electrons. The highest BCUT2D eigenvalue weighted by molar-refractivity contribution is 14.0. The van der Waals surface area contributed by atoms with E-state index in [1.54, 1.807) is 0 Å². The van der Waals surface area contributed by atoms with Crippen molar-refractivity contribution >= 4 is 35.6 Å². The summed E-state index contributed by atoms with van der Waals surface area (Å²) in [6, 6.07) is 6.41. The smallest absolute Gasteiger partial charge is 0.193 e. The van der Waals surface area contributed by atoms with E-state index in [-0.39, 0.29) is 24.0 Å². The minimum atomic E-state index is 0. The SMILES string of the molecule is I.NC(=NCCOCC1CC1)Nc1cccc2c1CCCC2. The Balaban J connectivity index is 0.00000176. The fourth-order valence-corrected chi connectivity index (χ4v) is 2.84. The summed E-state index contributed by atoms with van der Waals surface area (Å²) in [4.78, 5) is 4.34. The van der Waals surface area contributed by atoms with Gasteiger partial charge in [-0.3, -0.25) is 4.99 Å². The van der Waals surface area contributed by atoms with Gasteiger partial charge in [-0.2, -0.15) is 0 Å². The Morgan fingerprint density at radius 1 is 1.27 bits per heavy atom. The van der Waals surface area contributed by atoms with E-state index in [0.29, 0.717) is 19.1 Å². The Kier molecular flexibility index (Phi) is 6.95. The zero-order chi connectivity index (χ0) is 14.5. The summed E-state index contributed by atoms with van der Waals surface area (Å²) < 4.78 is 5.56. The molecule has 0 heterocycles. The van der Waals surface area contributed by atoms with Crippen LogP contribution in [-0.4, -0.2) is 25.7 Å². The van der Waals surface area contributed by atoms with Crippen LogP contribution in [0.4, 0.5) is 5.69 Å². The molecule has 0 amide bonds. The average molecular weight is 415 g/mol. The second-order valence-corrected chi connectivity index (χ2v) is 6.06. The van der Waals surface area contributed by atoms with Crippen LogP contribution in [0, 0.1) is 5.92 Å². The molecule has 1 aromatic carbocycles. The molecule has 0 bridgehead atoms. The third-order valence-corrected chi connectivity index (χ3v) is 4.23. The van der Waals surface area contributed by atoms with Crippen molar-refractivity contribution in [3.63, 3.8) is 0 Å². The van der Waals surface area contributed by atoms with E-state index in [0.717, 1.165) is 24.6 Å². The summed E-state index contributed by atoms with van der Waals surface area (Å²) in [5.74, 6) is 1.30. The molecule has 3 rings (SSSR count). The lowest BCUT2D eigenvalue weighted by Gasteiger charge is -2.19. The van der Waals surface area contributed by atoms with Gasteiger partial charge in [-0.05, 0) is 61.6 Å². The predicted octanol–water partition coefficient (Wildman–Crippen LogP) is 3.34. The molecule has 4 nitrogen and oxygen atoms in total. The number of fused-ring (bicyclic) bond motifs is 1. The number of guanidine groups is 1. The molecule has 0 aliphatic heterocycles. The second-order valence-electron chi connectivity index (χ2n) is 6.06. The average Bonchev–Trinajstić information content (AvgIpc) is 3.31. The molecule has 1 aromatic rings. The molecule has 2 aliphatic carbocycles. The maximum atomic E-state index is 5.98. The third-order valence-electron chi connectivity index (χ3n) is 4.23. The molecule has 0 saturated heterocycles. The molecule has 122 valence electrons. The van der Waals surface area contributed by atoms with Gasteiger partial charge in [0.25, 0.3) is 0 Å². The van der Waals surface area contributed by atoms with Crippen molar-refractivity contribution in [3.8, 4) is 0 Å². The van der Waals surface area contributed by atoms with Gasteiger partial charge in [-0.25, -0.2) is 0 Å². The van der Waals surface area contributed by atoms with Crippen molar-refractivity contribution in [2.45, 2.75) is 38.5 Å². The molecule has 22 heavy (non-hydrogen) atoms. The topological polar surface area (TPSA) is 59.6 Å². The number of hydrogen-bond acceptors (Lipinski definition) is 2. The molecular formula is C17H26IN3O. The number of benzene rings is 1. The van der Waals surface area contributed by atoms with Gasteiger partial charge >= 0.3 is 0 Å². The number of halogens is 1. The Morgan fingerprint density at radius 2 is 2.09 bits per heavy atom. The van der Waals surface area contributed by atoms with E-state index < -0.39 is 0 Å². The second kappa shape index (κ2) is 8.72. The number of ether oxygens (including phenoxy) is 1. The zero-order valence-corrected chi connectivity index (χ0v) is 15.3. The van der Waals surface area contributed by atoms with Crippen LogP contribution < -0.4 is 11.1 Å². The number of nitrogens with two attached hydrogens (primary N) is 1. The van der Waals surface area contributed by atoms with Crippen LogP contribution in [0.25, 0.3) is 0 Å². The fraction of sp³-hybridized carbons (Fsp3) is 0.588. The van der Waals surface area contributed by atoms with Crippen molar-refractivity contribution in [1.29, 1.82) is 0 Å². The normalized spacial score (nSPS) is 17.5. The summed E-state index contributed by atoms with van der Waals surface area (Å²) in [6.45, 7) is 2.17. The van der Waals surface area contributed by atoms with Gasteiger partial charge in [0.1, 0.15) is 0 Å².